The largest absolute Gasteiger partial charge is 0.273 e. The summed E-state index contributed by atoms with van der Waals surface area (Å²) < 4.78 is 0. The standard InChI is InChI=1S/C16H26N2O2/c19-15(10-14-9-11-6-7-13(14)8-11)17-18-16(20)12-4-2-1-3-5-12/h11-14H,1-10H2,(H,17,19)(H,18,20)/t11-,13+,14-/m1/s1. The van der Waals surface area contributed by atoms with Gasteiger partial charge < -0.3 is 0 Å². The SMILES string of the molecule is O=C(C[C@H]1C[C@@H]2CC[C@H]1C2)NNC(=O)C1CCCCC1. The van der Waals surface area contributed by atoms with E-state index in [1.54, 1.807) is 0 Å². The summed E-state index contributed by atoms with van der Waals surface area (Å²) in [5, 5.41) is 0. The summed E-state index contributed by atoms with van der Waals surface area (Å²) in [4.78, 5) is 23.9. The molecule has 0 aliphatic heterocycles. The molecule has 0 spiro atoms. The number of fused-ring (bicyclic) bond motifs is 2. The van der Waals surface area contributed by atoms with Crippen LogP contribution >= 0.6 is 0 Å². The summed E-state index contributed by atoms with van der Waals surface area (Å²) >= 11 is 0. The topological polar surface area (TPSA) is 58.2 Å². The van der Waals surface area contributed by atoms with Gasteiger partial charge in [-0.1, -0.05) is 25.7 Å². The van der Waals surface area contributed by atoms with E-state index in [0.717, 1.165) is 37.5 Å². The van der Waals surface area contributed by atoms with Crippen LogP contribution in [0.1, 0.15) is 64.2 Å². The lowest BCUT2D eigenvalue weighted by Crippen LogP contribution is -2.45. The number of carbonyl (C=O) groups excluding carboxylic acids is 2. The van der Waals surface area contributed by atoms with Gasteiger partial charge in [-0.2, -0.15) is 0 Å². The van der Waals surface area contributed by atoms with Gasteiger partial charge >= 0.3 is 0 Å². The summed E-state index contributed by atoms with van der Waals surface area (Å²) in [5.74, 6) is 2.29. The van der Waals surface area contributed by atoms with Gasteiger partial charge in [0.1, 0.15) is 0 Å². The molecule has 3 aliphatic rings. The smallest absolute Gasteiger partial charge is 0.241 e. The van der Waals surface area contributed by atoms with Gasteiger partial charge in [0.25, 0.3) is 0 Å². The zero-order chi connectivity index (χ0) is 13.9. The van der Waals surface area contributed by atoms with Crippen LogP contribution in [0.5, 0.6) is 0 Å². The van der Waals surface area contributed by atoms with Gasteiger partial charge in [0, 0.05) is 12.3 Å². The number of nitrogens with one attached hydrogen (secondary N) is 2. The van der Waals surface area contributed by atoms with Gasteiger partial charge in [-0.25, -0.2) is 0 Å². The minimum atomic E-state index is -0.00768. The predicted octanol–water partition coefficient (Wildman–Crippen LogP) is 2.54. The molecule has 2 N–H and O–H groups in total. The molecule has 0 saturated heterocycles. The van der Waals surface area contributed by atoms with Crippen LogP contribution in [0.15, 0.2) is 0 Å². The molecule has 0 heterocycles. The molecule has 2 bridgehead atoms. The summed E-state index contributed by atoms with van der Waals surface area (Å²) in [5.41, 5.74) is 5.26. The lowest BCUT2D eigenvalue weighted by atomic mass is 9.86. The van der Waals surface area contributed by atoms with Crippen LogP contribution < -0.4 is 10.9 Å². The molecule has 4 heteroatoms. The molecule has 3 fully saturated rings. The maximum atomic E-state index is 11.9. The van der Waals surface area contributed by atoms with Crippen LogP contribution in [0.3, 0.4) is 0 Å². The molecule has 0 aromatic rings. The number of hydrogen-bond acceptors (Lipinski definition) is 2. The van der Waals surface area contributed by atoms with E-state index in [1.807, 2.05) is 0 Å². The molecule has 0 aromatic heterocycles. The first-order valence-corrected chi connectivity index (χ1v) is 8.31. The summed E-state index contributed by atoms with van der Waals surface area (Å²) in [6.45, 7) is 0. The Morgan fingerprint density at radius 2 is 1.70 bits per heavy atom. The molecule has 112 valence electrons. The fraction of sp³-hybridized carbons (Fsp3) is 0.875. The van der Waals surface area contributed by atoms with Crippen molar-refractivity contribution in [1.82, 2.24) is 10.9 Å². The van der Waals surface area contributed by atoms with Gasteiger partial charge in [-0.3, -0.25) is 20.4 Å². The highest BCUT2D eigenvalue weighted by molar-refractivity contribution is 5.83. The van der Waals surface area contributed by atoms with Gasteiger partial charge in [-0.05, 0) is 49.9 Å². The third-order valence-electron chi connectivity index (χ3n) is 5.63. The van der Waals surface area contributed by atoms with E-state index in [9.17, 15) is 9.59 Å². The molecular formula is C16H26N2O2. The van der Waals surface area contributed by atoms with Crippen molar-refractivity contribution in [3.8, 4) is 0 Å². The average molecular weight is 278 g/mol. The second kappa shape index (κ2) is 6.15. The Bertz CT molecular complexity index is 377. The first-order valence-electron chi connectivity index (χ1n) is 8.31. The average Bonchev–Trinajstić information content (AvgIpc) is 3.08. The second-order valence-electron chi connectivity index (χ2n) is 7.01. The second-order valence-corrected chi connectivity index (χ2v) is 7.01. The Kier molecular flexibility index (Phi) is 4.27. The molecule has 0 unspecified atom stereocenters. The Balaban J connectivity index is 1.37. The number of rotatable bonds is 3. The van der Waals surface area contributed by atoms with Crippen molar-refractivity contribution in [2.45, 2.75) is 64.2 Å². The molecule has 0 aromatic carbocycles. The van der Waals surface area contributed by atoms with Crippen molar-refractivity contribution in [1.29, 1.82) is 0 Å². The van der Waals surface area contributed by atoms with Crippen molar-refractivity contribution >= 4 is 11.8 Å². The maximum Gasteiger partial charge on any atom is 0.241 e. The maximum absolute atomic E-state index is 11.9. The van der Waals surface area contributed by atoms with E-state index in [0.29, 0.717) is 12.3 Å². The van der Waals surface area contributed by atoms with Crippen molar-refractivity contribution in [2.75, 3.05) is 0 Å². The fourth-order valence-electron chi connectivity index (χ4n) is 4.51. The van der Waals surface area contributed by atoms with Crippen molar-refractivity contribution in [3.63, 3.8) is 0 Å². The number of hydrazine groups is 1. The third kappa shape index (κ3) is 3.15. The van der Waals surface area contributed by atoms with E-state index in [1.165, 1.54) is 32.1 Å². The van der Waals surface area contributed by atoms with Gasteiger partial charge in [-0.15, -0.1) is 0 Å². The van der Waals surface area contributed by atoms with Crippen LogP contribution in [-0.4, -0.2) is 11.8 Å². The first kappa shape index (κ1) is 13.9. The lowest BCUT2D eigenvalue weighted by Gasteiger charge is -2.23. The normalized spacial score (nSPS) is 33.1. The van der Waals surface area contributed by atoms with Crippen molar-refractivity contribution in [3.05, 3.63) is 0 Å². The zero-order valence-corrected chi connectivity index (χ0v) is 12.2. The minimum Gasteiger partial charge on any atom is -0.273 e. The number of carbonyl (C=O) groups is 2. The molecule has 4 nitrogen and oxygen atoms in total. The monoisotopic (exact) mass is 278 g/mol. The van der Waals surface area contributed by atoms with E-state index in [-0.39, 0.29) is 17.7 Å². The molecule has 3 aliphatic carbocycles. The summed E-state index contributed by atoms with van der Waals surface area (Å²) in [6.07, 6.45) is 11.2. The van der Waals surface area contributed by atoms with Crippen molar-refractivity contribution < 1.29 is 9.59 Å². The summed E-state index contributed by atoms with van der Waals surface area (Å²) in [7, 11) is 0. The highest BCUT2D eigenvalue weighted by atomic mass is 16.2. The first-order chi connectivity index (χ1) is 9.72. The quantitative estimate of drug-likeness (QED) is 0.779. The van der Waals surface area contributed by atoms with Gasteiger partial charge in [0.05, 0.1) is 0 Å². The third-order valence-corrected chi connectivity index (χ3v) is 5.63. The predicted molar refractivity (Wildman–Crippen MR) is 76.4 cm³/mol. The molecule has 3 rings (SSSR count). The van der Waals surface area contributed by atoms with E-state index >= 15 is 0 Å². The van der Waals surface area contributed by atoms with Crippen LogP contribution in [0.2, 0.25) is 0 Å². The van der Waals surface area contributed by atoms with E-state index in [4.69, 9.17) is 0 Å². The van der Waals surface area contributed by atoms with Crippen LogP contribution in [0.4, 0.5) is 0 Å². The van der Waals surface area contributed by atoms with Crippen LogP contribution in [0.25, 0.3) is 0 Å². The highest BCUT2D eigenvalue weighted by Gasteiger charge is 2.40. The lowest BCUT2D eigenvalue weighted by molar-refractivity contribution is -0.132. The number of amides is 2. The van der Waals surface area contributed by atoms with Crippen LogP contribution in [-0.2, 0) is 9.59 Å². The Morgan fingerprint density at radius 3 is 2.35 bits per heavy atom. The van der Waals surface area contributed by atoms with Crippen LogP contribution in [0, 0.1) is 23.7 Å². The fourth-order valence-corrected chi connectivity index (χ4v) is 4.51. The molecule has 20 heavy (non-hydrogen) atoms. The Labute approximate surface area is 121 Å². The number of hydrogen-bond donors (Lipinski definition) is 2. The molecule has 3 atom stereocenters. The zero-order valence-electron chi connectivity index (χ0n) is 12.2. The molecule has 2 amide bonds. The Hall–Kier alpha value is -1.06. The van der Waals surface area contributed by atoms with Crippen molar-refractivity contribution in [2.24, 2.45) is 23.7 Å². The van der Waals surface area contributed by atoms with Gasteiger partial charge in [0.2, 0.25) is 11.8 Å². The minimum absolute atomic E-state index is 0.00555. The Morgan fingerprint density at radius 1 is 0.900 bits per heavy atom. The highest BCUT2D eigenvalue weighted by Crippen LogP contribution is 2.49. The molecule has 3 saturated carbocycles. The summed E-state index contributed by atoms with van der Waals surface area (Å²) in [6, 6.07) is 0. The molecule has 0 radical (unpaired) electrons. The van der Waals surface area contributed by atoms with Gasteiger partial charge in [0.15, 0.2) is 0 Å². The molecular weight excluding hydrogens is 252 g/mol. The van der Waals surface area contributed by atoms with E-state index < -0.39 is 0 Å². The van der Waals surface area contributed by atoms with E-state index in [2.05, 4.69) is 10.9 Å².